The molecule has 3 rings (SSSR count). The molecular formula is C13H15NO2. The summed E-state index contributed by atoms with van der Waals surface area (Å²) in [6, 6.07) is 7.87. The van der Waals surface area contributed by atoms with Crippen LogP contribution in [-0.2, 0) is 10.2 Å². The van der Waals surface area contributed by atoms with Crippen LogP contribution < -0.4 is 5.32 Å². The Morgan fingerprint density at radius 1 is 1.44 bits per heavy atom. The number of benzene rings is 1. The fourth-order valence-corrected chi connectivity index (χ4v) is 2.85. The summed E-state index contributed by atoms with van der Waals surface area (Å²) in [4.78, 5) is 11.3. The fraction of sp³-hybridized carbons (Fsp3) is 0.462. The molecule has 0 aromatic heterocycles. The van der Waals surface area contributed by atoms with E-state index < -0.39 is 0 Å². The molecule has 0 spiro atoms. The van der Waals surface area contributed by atoms with Gasteiger partial charge in [0.05, 0.1) is 12.7 Å². The minimum atomic E-state index is -0.263. The number of ether oxygens (including phenoxy) is 1. The van der Waals surface area contributed by atoms with Gasteiger partial charge in [0.2, 0.25) is 0 Å². The first-order chi connectivity index (χ1) is 7.76. The van der Waals surface area contributed by atoms with Gasteiger partial charge in [-0.25, -0.2) is 4.79 Å². The van der Waals surface area contributed by atoms with Crippen molar-refractivity contribution in [3.8, 4) is 0 Å². The van der Waals surface area contributed by atoms with Crippen molar-refractivity contribution in [3.63, 3.8) is 0 Å². The van der Waals surface area contributed by atoms with Gasteiger partial charge in [-0.15, -0.1) is 0 Å². The average Bonchev–Trinajstić information content (AvgIpc) is 2.91. The number of hydrogen-bond donors (Lipinski definition) is 1. The Labute approximate surface area is 94.8 Å². The van der Waals surface area contributed by atoms with Crippen LogP contribution in [-0.4, -0.2) is 26.2 Å². The topological polar surface area (TPSA) is 38.3 Å². The van der Waals surface area contributed by atoms with E-state index in [-0.39, 0.29) is 5.97 Å². The predicted octanol–water partition coefficient (Wildman–Crippen LogP) is 1.33. The van der Waals surface area contributed by atoms with Crippen molar-refractivity contribution in [2.75, 3.05) is 20.2 Å². The van der Waals surface area contributed by atoms with Crippen LogP contribution in [0.25, 0.3) is 0 Å². The summed E-state index contributed by atoms with van der Waals surface area (Å²) in [6.45, 7) is 2.22. The predicted molar refractivity (Wildman–Crippen MR) is 60.4 cm³/mol. The van der Waals surface area contributed by atoms with Crippen LogP contribution in [0.1, 0.15) is 22.3 Å². The van der Waals surface area contributed by atoms with Crippen molar-refractivity contribution >= 4 is 5.97 Å². The summed E-state index contributed by atoms with van der Waals surface area (Å²) < 4.78 is 4.69. The molecule has 2 aliphatic rings. The molecule has 1 aliphatic heterocycles. The zero-order valence-corrected chi connectivity index (χ0v) is 9.32. The summed E-state index contributed by atoms with van der Waals surface area (Å²) in [6.07, 6.45) is 1.29. The smallest absolute Gasteiger partial charge is 0.337 e. The molecule has 84 valence electrons. The number of esters is 1. The second-order valence-electron chi connectivity index (χ2n) is 4.76. The molecule has 0 radical (unpaired) electrons. The average molecular weight is 217 g/mol. The molecule has 2 fully saturated rings. The summed E-state index contributed by atoms with van der Waals surface area (Å²) in [5.74, 6) is 0.539. The number of methoxy groups -OCH3 is 1. The molecule has 1 aromatic carbocycles. The van der Waals surface area contributed by atoms with Gasteiger partial charge in [0, 0.05) is 12.0 Å². The van der Waals surface area contributed by atoms with Gasteiger partial charge in [-0.3, -0.25) is 0 Å². The van der Waals surface area contributed by atoms with Gasteiger partial charge in [0.1, 0.15) is 0 Å². The highest BCUT2D eigenvalue weighted by molar-refractivity contribution is 5.89. The van der Waals surface area contributed by atoms with Gasteiger partial charge < -0.3 is 10.1 Å². The van der Waals surface area contributed by atoms with E-state index in [2.05, 4.69) is 22.2 Å². The van der Waals surface area contributed by atoms with Crippen molar-refractivity contribution in [2.45, 2.75) is 11.8 Å². The summed E-state index contributed by atoms with van der Waals surface area (Å²) in [5, 5.41) is 3.42. The molecule has 3 heteroatoms. The number of fused-ring (bicyclic) bond motifs is 1. The van der Waals surface area contributed by atoms with Gasteiger partial charge in [-0.05, 0) is 36.6 Å². The maximum atomic E-state index is 11.3. The third kappa shape index (κ3) is 1.28. The minimum Gasteiger partial charge on any atom is -0.465 e. The van der Waals surface area contributed by atoms with Crippen molar-refractivity contribution < 1.29 is 9.53 Å². The summed E-state index contributed by atoms with van der Waals surface area (Å²) in [5.41, 5.74) is 2.36. The van der Waals surface area contributed by atoms with Gasteiger partial charge in [-0.2, -0.15) is 0 Å². The quantitative estimate of drug-likeness (QED) is 0.760. The van der Waals surface area contributed by atoms with E-state index in [1.807, 2.05) is 12.1 Å². The number of carbonyl (C=O) groups is 1. The Hall–Kier alpha value is -1.35. The SMILES string of the molecule is COC(=O)c1ccc(C23CNCC2C3)cc1. The zero-order valence-electron chi connectivity index (χ0n) is 9.32. The highest BCUT2D eigenvalue weighted by Gasteiger charge is 2.57. The van der Waals surface area contributed by atoms with E-state index in [1.165, 1.54) is 19.1 Å². The van der Waals surface area contributed by atoms with Crippen molar-refractivity contribution in [1.82, 2.24) is 5.32 Å². The molecule has 2 atom stereocenters. The first kappa shape index (κ1) is 9.85. The van der Waals surface area contributed by atoms with Crippen LogP contribution in [0, 0.1) is 5.92 Å². The molecule has 1 aromatic rings. The molecule has 1 saturated heterocycles. The molecule has 1 N–H and O–H groups in total. The van der Waals surface area contributed by atoms with Gasteiger partial charge >= 0.3 is 5.97 Å². The third-order valence-corrected chi connectivity index (χ3v) is 3.94. The molecule has 3 nitrogen and oxygen atoms in total. The van der Waals surface area contributed by atoms with Crippen LogP contribution in [0.4, 0.5) is 0 Å². The second kappa shape index (κ2) is 3.32. The molecular weight excluding hydrogens is 202 g/mol. The molecule has 16 heavy (non-hydrogen) atoms. The number of rotatable bonds is 2. The first-order valence-electron chi connectivity index (χ1n) is 5.66. The van der Waals surface area contributed by atoms with E-state index in [0.29, 0.717) is 11.0 Å². The third-order valence-electron chi connectivity index (χ3n) is 3.94. The van der Waals surface area contributed by atoms with Crippen LogP contribution in [0.5, 0.6) is 0 Å². The monoisotopic (exact) mass is 217 g/mol. The van der Waals surface area contributed by atoms with E-state index in [1.54, 1.807) is 0 Å². The van der Waals surface area contributed by atoms with Crippen LogP contribution in [0.15, 0.2) is 24.3 Å². The molecule has 1 aliphatic carbocycles. The molecule has 2 unspecified atom stereocenters. The Morgan fingerprint density at radius 2 is 2.19 bits per heavy atom. The summed E-state index contributed by atoms with van der Waals surface area (Å²) >= 11 is 0. The van der Waals surface area contributed by atoms with Gasteiger partial charge in [0.15, 0.2) is 0 Å². The van der Waals surface area contributed by atoms with E-state index >= 15 is 0 Å². The standard InChI is InChI=1S/C13H15NO2/c1-16-12(15)9-2-4-10(5-3-9)13-6-11(13)7-14-8-13/h2-5,11,14H,6-8H2,1H3. The van der Waals surface area contributed by atoms with Crippen molar-refractivity contribution in [3.05, 3.63) is 35.4 Å². The van der Waals surface area contributed by atoms with E-state index in [4.69, 9.17) is 0 Å². The van der Waals surface area contributed by atoms with Crippen LogP contribution >= 0.6 is 0 Å². The number of piperidine rings is 1. The highest BCUT2D eigenvalue weighted by atomic mass is 16.5. The minimum absolute atomic E-state index is 0.263. The maximum absolute atomic E-state index is 11.3. The Morgan fingerprint density at radius 3 is 2.69 bits per heavy atom. The molecule has 1 saturated carbocycles. The lowest BCUT2D eigenvalue weighted by molar-refractivity contribution is 0.0600. The maximum Gasteiger partial charge on any atom is 0.337 e. The normalized spacial score (nSPS) is 30.9. The van der Waals surface area contributed by atoms with Gasteiger partial charge in [-0.1, -0.05) is 12.1 Å². The van der Waals surface area contributed by atoms with E-state index in [9.17, 15) is 4.79 Å². The van der Waals surface area contributed by atoms with Crippen molar-refractivity contribution in [1.29, 1.82) is 0 Å². The lowest BCUT2D eigenvalue weighted by Crippen LogP contribution is -2.19. The first-order valence-corrected chi connectivity index (χ1v) is 5.66. The fourth-order valence-electron chi connectivity index (χ4n) is 2.85. The van der Waals surface area contributed by atoms with Gasteiger partial charge in [0.25, 0.3) is 0 Å². The lowest BCUT2D eigenvalue weighted by Gasteiger charge is -2.12. The molecule has 0 bridgehead atoms. The molecule has 0 amide bonds. The largest absolute Gasteiger partial charge is 0.465 e. The number of nitrogens with one attached hydrogen (secondary N) is 1. The molecule has 1 heterocycles. The lowest BCUT2D eigenvalue weighted by atomic mass is 9.94. The van der Waals surface area contributed by atoms with Crippen LogP contribution in [0.3, 0.4) is 0 Å². The Bertz CT molecular complexity index is 426. The number of carbonyl (C=O) groups excluding carboxylic acids is 1. The number of hydrogen-bond acceptors (Lipinski definition) is 3. The Kier molecular flexibility index (Phi) is 2.04. The van der Waals surface area contributed by atoms with E-state index in [0.717, 1.165) is 19.0 Å². The van der Waals surface area contributed by atoms with Crippen LogP contribution in [0.2, 0.25) is 0 Å². The summed E-state index contributed by atoms with van der Waals surface area (Å²) in [7, 11) is 1.41. The van der Waals surface area contributed by atoms with Crippen molar-refractivity contribution in [2.24, 2.45) is 5.92 Å². The Balaban J connectivity index is 1.86. The second-order valence-corrected chi connectivity index (χ2v) is 4.76. The highest BCUT2D eigenvalue weighted by Crippen LogP contribution is 2.56. The zero-order chi connectivity index (χ0) is 11.2.